The Kier molecular flexibility index (Phi) is 9.15. The van der Waals surface area contributed by atoms with E-state index in [0.29, 0.717) is 12.5 Å². The Labute approximate surface area is 179 Å². The molecule has 30 heavy (non-hydrogen) atoms. The first kappa shape index (κ1) is 24.7. The number of hydrogen-bond acceptors (Lipinski definition) is 4. The normalized spacial score (nSPS) is 24.1. The molecule has 170 valence electrons. The molecule has 2 atom stereocenters. The average Bonchev–Trinajstić information content (AvgIpc) is 3.13. The molecule has 0 aromatic carbocycles. The third-order valence-electron chi connectivity index (χ3n) is 5.67. The lowest BCUT2D eigenvalue weighted by Crippen LogP contribution is -2.50. The van der Waals surface area contributed by atoms with Gasteiger partial charge in [0.15, 0.2) is 0 Å². The second-order valence-electron chi connectivity index (χ2n) is 8.59. The van der Waals surface area contributed by atoms with Crippen LogP contribution in [0.4, 0.5) is 13.2 Å². The number of alkyl halides is 3. The summed E-state index contributed by atoms with van der Waals surface area (Å²) >= 11 is 1.71. The van der Waals surface area contributed by atoms with Crippen LogP contribution in [0.2, 0.25) is 0 Å². The number of hydrogen-bond donors (Lipinski definition) is 2. The molecule has 1 amide bonds. The Morgan fingerprint density at radius 1 is 1.27 bits per heavy atom. The molecule has 2 aliphatic rings. The van der Waals surface area contributed by atoms with Gasteiger partial charge in [-0.25, -0.2) is 4.79 Å². The Hall–Kier alpha value is -1.61. The molecule has 2 N–H and O–H groups in total. The summed E-state index contributed by atoms with van der Waals surface area (Å²) in [5.41, 5.74) is 0. The zero-order valence-corrected chi connectivity index (χ0v) is 18.3. The molecular weight excluding hydrogens is 417 g/mol. The van der Waals surface area contributed by atoms with Crippen molar-refractivity contribution in [3.63, 3.8) is 0 Å². The highest BCUT2D eigenvalue weighted by Crippen LogP contribution is 2.41. The summed E-state index contributed by atoms with van der Waals surface area (Å²) in [6.45, 7) is 8.93. The number of carboxylic acid groups (broad SMARTS) is 1. The Balaban J connectivity index is 0.000000396. The fourth-order valence-corrected chi connectivity index (χ4v) is 5.17. The SMILES string of the molecule is CC(C)CN1CC2CCCC(C1)C2CC(=O)NCc1cccs1.O=C(O)C(F)(F)F. The quantitative estimate of drug-likeness (QED) is 0.677. The first-order chi connectivity index (χ1) is 14.1. The molecule has 5 nitrogen and oxygen atoms in total. The highest BCUT2D eigenvalue weighted by atomic mass is 32.1. The number of halogens is 3. The van der Waals surface area contributed by atoms with E-state index in [1.165, 1.54) is 43.8 Å². The maximum atomic E-state index is 12.4. The molecule has 1 aromatic rings. The molecule has 1 saturated carbocycles. The van der Waals surface area contributed by atoms with E-state index < -0.39 is 12.1 Å². The first-order valence-corrected chi connectivity index (χ1v) is 11.3. The van der Waals surface area contributed by atoms with Crippen LogP contribution in [-0.4, -0.2) is 47.7 Å². The molecule has 2 heterocycles. The van der Waals surface area contributed by atoms with E-state index in [4.69, 9.17) is 9.90 Å². The van der Waals surface area contributed by atoms with E-state index in [2.05, 4.69) is 35.5 Å². The van der Waals surface area contributed by atoms with Crippen LogP contribution in [0.3, 0.4) is 0 Å². The molecular formula is C21H31F3N2O3S. The van der Waals surface area contributed by atoms with Gasteiger partial charge in [0.25, 0.3) is 0 Å². The molecule has 2 fully saturated rings. The van der Waals surface area contributed by atoms with Crippen LogP contribution in [0.25, 0.3) is 0 Å². The lowest BCUT2D eigenvalue weighted by atomic mass is 9.67. The number of rotatable bonds is 6. The largest absolute Gasteiger partial charge is 0.490 e. The van der Waals surface area contributed by atoms with Crippen LogP contribution in [0.5, 0.6) is 0 Å². The average molecular weight is 449 g/mol. The molecule has 0 spiro atoms. The van der Waals surface area contributed by atoms with E-state index in [0.717, 1.165) is 24.2 Å². The fraction of sp³-hybridized carbons (Fsp3) is 0.714. The second kappa shape index (κ2) is 11.1. The van der Waals surface area contributed by atoms with Crippen molar-refractivity contribution in [2.45, 2.75) is 52.3 Å². The van der Waals surface area contributed by atoms with Crippen molar-refractivity contribution < 1.29 is 27.9 Å². The van der Waals surface area contributed by atoms with Gasteiger partial charge in [0.1, 0.15) is 0 Å². The van der Waals surface area contributed by atoms with Gasteiger partial charge in [-0.05, 0) is 48.0 Å². The van der Waals surface area contributed by atoms with Gasteiger partial charge in [-0.1, -0.05) is 26.3 Å². The third-order valence-corrected chi connectivity index (χ3v) is 6.55. The topological polar surface area (TPSA) is 69.6 Å². The number of nitrogens with one attached hydrogen (secondary N) is 1. The monoisotopic (exact) mass is 448 g/mol. The number of fused-ring (bicyclic) bond motifs is 2. The minimum Gasteiger partial charge on any atom is -0.475 e. The van der Waals surface area contributed by atoms with Gasteiger partial charge in [-0.2, -0.15) is 13.2 Å². The number of carbonyl (C=O) groups is 2. The smallest absolute Gasteiger partial charge is 0.475 e. The summed E-state index contributed by atoms with van der Waals surface area (Å²) in [7, 11) is 0. The van der Waals surface area contributed by atoms with Gasteiger partial charge < -0.3 is 15.3 Å². The van der Waals surface area contributed by atoms with Crippen LogP contribution in [0, 0.1) is 23.7 Å². The molecule has 2 bridgehead atoms. The van der Waals surface area contributed by atoms with Gasteiger partial charge in [-0.15, -0.1) is 11.3 Å². The van der Waals surface area contributed by atoms with E-state index in [9.17, 15) is 18.0 Å². The van der Waals surface area contributed by atoms with Crippen molar-refractivity contribution >= 4 is 23.2 Å². The maximum Gasteiger partial charge on any atom is 0.490 e. The summed E-state index contributed by atoms with van der Waals surface area (Å²) in [6.07, 6.45) is -0.365. The standard InChI is InChI=1S/C19H30N2OS.C2HF3O2/c1-14(2)11-21-12-15-5-3-6-16(13-21)18(15)9-19(22)20-10-17-7-4-8-23-17;3-2(4,5)1(6)7/h4,7-8,14-16,18H,3,5-6,9-13H2,1-2H3,(H,20,22);(H,6,7). The van der Waals surface area contributed by atoms with Crippen molar-refractivity contribution in [2.75, 3.05) is 19.6 Å². The number of aliphatic carboxylic acids is 1. The zero-order chi connectivity index (χ0) is 22.3. The van der Waals surface area contributed by atoms with Gasteiger partial charge in [0.05, 0.1) is 6.54 Å². The van der Waals surface area contributed by atoms with E-state index >= 15 is 0 Å². The molecule has 0 radical (unpaired) electrons. The summed E-state index contributed by atoms with van der Waals surface area (Å²) in [4.78, 5) is 25.2. The molecule has 3 rings (SSSR count). The summed E-state index contributed by atoms with van der Waals surface area (Å²) in [5, 5.41) is 12.3. The van der Waals surface area contributed by atoms with Crippen molar-refractivity contribution in [1.29, 1.82) is 0 Å². The van der Waals surface area contributed by atoms with Gasteiger partial charge in [-0.3, -0.25) is 4.79 Å². The maximum absolute atomic E-state index is 12.4. The number of likely N-dealkylation sites (tertiary alicyclic amines) is 1. The molecule has 1 aromatic heterocycles. The molecule has 1 aliphatic carbocycles. The number of thiophene rings is 1. The Morgan fingerprint density at radius 2 is 1.87 bits per heavy atom. The number of carbonyl (C=O) groups excluding carboxylic acids is 1. The predicted octanol–water partition coefficient (Wildman–Crippen LogP) is 4.39. The van der Waals surface area contributed by atoms with Crippen molar-refractivity contribution in [1.82, 2.24) is 10.2 Å². The summed E-state index contributed by atoms with van der Waals surface area (Å²) in [5.74, 6) is 0.296. The van der Waals surface area contributed by atoms with Gasteiger partial charge >= 0.3 is 12.1 Å². The lowest BCUT2D eigenvalue weighted by Gasteiger charge is -2.47. The van der Waals surface area contributed by atoms with Gasteiger partial charge in [0.2, 0.25) is 5.91 Å². The van der Waals surface area contributed by atoms with Crippen LogP contribution in [0.15, 0.2) is 17.5 Å². The lowest BCUT2D eigenvalue weighted by molar-refractivity contribution is -0.192. The number of amides is 1. The molecule has 1 aliphatic heterocycles. The third kappa shape index (κ3) is 7.91. The van der Waals surface area contributed by atoms with Crippen LogP contribution in [-0.2, 0) is 16.1 Å². The molecule has 1 saturated heterocycles. The number of piperidine rings is 1. The summed E-state index contributed by atoms with van der Waals surface area (Å²) in [6, 6.07) is 4.13. The fourth-order valence-electron chi connectivity index (χ4n) is 4.53. The zero-order valence-electron chi connectivity index (χ0n) is 17.5. The van der Waals surface area contributed by atoms with Crippen LogP contribution in [0.1, 0.15) is 44.4 Å². The highest BCUT2D eigenvalue weighted by Gasteiger charge is 2.40. The van der Waals surface area contributed by atoms with Crippen LogP contribution < -0.4 is 5.32 Å². The van der Waals surface area contributed by atoms with Gasteiger partial charge in [0, 0.05) is 30.9 Å². The Morgan fingerprint density at radius 3 is 2.33 bits per heavy atom. The van der Waals surface area contributed by atoms with E-state index in [1.807, 2.05) is 6.07 Å². The van der Waals surface area contributed by atoms with E-state index in [-0.39, 0.29) is 5.91 Å². The first-order valence-electron chi connectivity index (χ1n) is 10.4. The van der Waals surface area contributed by atoms with Crippen molar-refractivity contribution in [3.05, 3.63) is 22.4 Å². The summed E-state index contributed by atoms with van der Waals surface area (Å²) < 4.78 is 31.7. The molecule has 9 heteroatoms. The highest BCUT2D eigenvalue weighted by molar-refractivity contribution is 7.09. The number of nitrogens with zero attached hydrogens (tertiary/aromatic N) is 1. The Bertz CT molecular complexity index is 666. The van der Waals surface area contributed by atoms with Crippen molar-refractivity contribution in [2.24, 2.45) is 23.7 Å². The minimum absolute atomic E-state index is 0.248. The minimum atomic E-state index is -5.08. The molecule has 2 unspecified atom stereocenters. The van der Waals surface area contributed by atoms with Crippen molar-refractivity contribution in [3.8, 4) is 0 Å². The predicted molar refractivity (Wildman–Crippen MR) is 110 cm³/mol. The number of carboxylic acids is 1. The van der Waals surface area contributed by atoms with Crippen LogP contribution >= 0.6 is 11.3 Å². The second-order valence-corrected chi connectivity index (χ2v) is 9.62. The van der Waals surface area contributed by atoms with E-state index in [1.54, 1.807) is 11.3 Å².